The summed E-state index contributed by atoms with van der Waals surface area (Å²) in [5.74, 6) is -0.892. The molecule has 0 saturated carbocycles. The monoisotopic (exact) mass is 634 g/mol. The summed E-state index contributed by atoms with van der Waals surface area (Å²) in [7, 11) is 2.94. The Morgan fingerprint density at radius 3 is 2.64 bits per heavy atom. The summed E-state index contributed by atoms with van der Waals surface area (Å²) in [5, 5.41) is 17.2. The maximum absolute atomic E-state index is 13.5. The molecule has 242 valence electrons. The molecule has 2 fully saturated rings. The summed E-state index contributed by atoms with van der Waals surface area (Å²) in [4.78, 5) is 39.0. The predicted octanol–water partition coefficient (Wildman–Crippen LogP) is 4.69. The molecule has 0 spiro atoms. The van der Waals surface area contributed by atoms with Crippen molar-refractivity contribution in [2.75, 3.05) is 19.5 Å². The third kappa shape index (κ3) is 7.56. The first-order chi connectivity index (χ1) is 20.7. The Hall–Kier alpha value is -3.12. The van der Waals surface area contributed by atoms with Gasteiger partial charge >= 0.3 is 12.1 Å². The van der Waals surface area contributed by atoms with Gasteiger partial charge in [-0.2, -0.15) is 0 Å². The molecule has 2 amide bonds. The number of benzene rings is 1. The second-order valence-corrected chi connectivity index (χ2v) is 12.9. The zero-order chi connectivity index (χ0) is 32.4. The van der Waals surface area contributed by atoms with Gasteiger partial charge in [0.1, 0.15) is 34.7 Å². The normalized spacial score (nSPS) is 34.4. The number of ether oxygens (including phenoxy) is 5. The van der Waals surface area contributed by atoms with Crippen LogP contribution in [-0.2, 0) is 35.0 Å². The van der Waals surface area contributed by atoms with Gasteiger partial charge in [0.25, 0.3) is 0 Å². The van der Waals surface area contributed by atoms with E-state index in [0.29, 0.717) is 17.9 Å². The van der Waals surface area contributed by atoms with Crippen molar-refractivity contribution in [2.24, 2.45) is 11.8 Å². The number of hydrogen-bond donors (Lipinski definition) is 3. The molecule has 3 aliphatic rings. The molecule has 2 saturated heterocycles. The number of allylic oxidation sites excluding steroid dienone is 3. The maximum Gasteiger partial charge on any atom is 0.409 e. The molecule has 1 aromatic rings. The molecule has 3 heterocycles. The van der Waals surface area contributed by atoms with Gasteiger partial charge in [-0.05, 0) is 43.9 Å². The number of amides is 2. The first kappa shape index (κ1) is 33.8. The van der Waals surface area contributed by atoms with Crippen molar-refractivity contribution in [3.05, 3.63) is 46.5 Å². The summed E-state index contributed by atoms with van der Waals surface area (Å²) in [6, 6.07) is 3.57. The van der Waals surface area contributed by atoms with E-state index >= 15 is 0 Å². The molecule has 11 nitrogen and oxygen atoms in total. The highest BCUT2D eigenvalue weighted by Crippen LogP contribution is 2.49. The minimum atomic E-state index is -1.77. The molecule has 3 N–H and O–H groups in total. The number of nitrogens with one attached hydrogen (secondary N) is 2. The molecule has 4 bridgehead atoms. The average molecular weight is 635 g/mol. The average Bonchev–Trinajstić information content (AvgIpc) is 3.62. The van der Waals surface area contributed by atoms with Gasteiger partial charge in [-0.15, -0.1) is 0 Å². The van der Waals surface area contributed by atoms with Crippen molar-refractivity contribution in [2.45, 2.75) is 96.0 Å². The molecular weight excluding hydrogens is 592 g/mol. The Balaban J connectivity index is 1.75. The van der Waals surface area contributed by atoms with Crippen molar-refractivity contribution >= 4 is 35.3 Å². The summed E-state index contributed by atoms with van der Waals surface area (Å²) in [5.41, 5.74) is -0.689. The fourth-order valence-electron chi connectivity index (χ4n) is 5.95. The summed E-state index contributed by atoms with van der Waals surface area (Å²) in [6.07, 6.45) is 1.78. The molecule has 0 aliphatic carbocycles. The number of aliphatic hydroxyl groups is 1. The van der Waals surface area contributed by atoms with Crippen molar-refractivity contribution in [3.63, 3.8) is 0 Å². The van der Waals surface area contributed by atoms with Crippen LogP contribution in [0, 0.1) is 11.8 Å². The highest BCUT2D eigenvalue weighted by molar-refractivity contribution is 6.35. The highest BCUT2D eigenvalue weighted by Gasteiger charge is 2.64. The van der Waals surface area contributed by atoms with Gasteiger partial charge in [0.2, 0.25) is 5.91 Å². The molecule has 7 atom stereocenters. The van der Waals surface area contributed by atoms with Crippen molar-refractivity contribution in [3.8, 4) is 5.75 Å². The van der Waals surface area contributed by atoms with E-state index in [1.165, 1.54) is 14.2 Å². The minimum Gasteiger partial charge on any atom is -0.495 e. The van der Waals surface area contributed by atoms with Crippen LogP contribution >= 0.6 is 11.6 Å². The lowest BCUT2D eigenvalue weighted by molar-refractivity contribution is -0.154. The van der Waals surface area contributed by atoms with E-state index in [1.807, 2.05) is 33.8 Å². The molecule has 44 heavy (non-hydrogen) atoms. The number of carbonyl (C=O) groups is 3. The van der Waals surface area contributed by atoms with E-state index in [9.17, 15) is 19.5 Å². The van der Waals surface area contributed by atoms with E-state index in [-0.39, 0.29) is 30.2 Å². The van der Waals surface area contributed by atoms with Gasteiger partial charge in [0, 0.05) is 25.9 Å². The quantitative estimate of drug-likeness (QED) is 0.310. The van der Waals surface area contributed by atoms with Crippen LogP contribution in [0.2, 0.25) is 5.02 Å². The number of carbonyl (C=O) groups excluding carboxylic acids is 3. The number of hydrogen-bond acceptors (Lipinski definition) is 9. The van der Waals surface area contributed by atoms with E-state index in [0.717, 1.165) is 11.1 Å². The van der Waals surface area contributed by atoms with Crippen molar-refractivity contribution in [1.29, 1.82) is 0 Å². The van der Waals surface area contributed by atoms with Crippen LogP contribution in [0.3, 0.4) is 0 Å². The third-order valence-electron chi connectivity index (χ3n) is 8.37. The van der Waals surface area contributed by atoms with Crippen LogP contribution in [0.5, 0.6) is 5.75 Å². The Morgan fingerprint density at radius 2 is 1.98 bits per heavy atom. The number of rotatable bonds is 5. The zero-order valence-electron chi connectivity index (χ0n) is 26.3. The van der Waals surface area contributed by atoms with E-state index in [1.54, 1.807) is 31.2 Å². The Kier molecular flexibility index (Phi) is 10.3. The zero-order valence-corrected chi connectivity index (χ0v) is 27.0. The summed E-state index contributed by atoms with van der Waals surface area (Å²) in [6.45, 7) is 9.32. The van der Waals surface area contributed by atoms with Crippen LogP contribution < -0.4 is 15.4 Å². The second kappa shape index (κ2) is 13.5. The number of fused-ring (bicyclic) bond motifs is 5. The fraction of sp³-hybridized carbons (Fsp3) is 0.594. The van der Waals surface area contributed by atoms with E-state index < -0.39 is 59.6 Å². The molecular formula is C32H43ClN2O9. The predicted molar refractivity (Wildman–Crippen MR) is 163 cm³/mol. The van der Waals surface area contributed by atoms with Crippen molar-refractivity contribution in [1.82, 2.24) is 5.32 Å². The Morgan fingerprint density at radius 1 is 1.25 bits per heavy atom. The van der Waals surface area contributed by atoms with Crippen LogP contribution in [0.4, 0.5) is 10.5 Å². The lowest BCUT2D eigenvalue weighted by Gasteiger charge is -2.42. The third-order valence-corrected chi connectivity index (χ3v) is 8.76. The molecule has 12 heteroatoms. The number of methoxy groups -OCH3 is 2. The van der Waals surface area contributed by atoms with Gasteiger partial charge in [-0.1, -0.05) is 56.2 Å². The summed E-state index contributed by atoms with van der Waals surface area (Å²) < 4.78 is 28.7. The van der Waals surface area contributed by atoms with E-state index in [4.69, 9.17) is 35.3 Å². The topological polar surface area (TPSA) is 145 Å². The van der Waals surface area contributed by atoms with Gasteiger partial charge in [-0.3, -0.25) is 14.9 Å². The Bertz CT molecular complexity index is 1330. The van der Waals surface area contributed by atoms with Crippen molar-refractivity contribution < 1.29 is 43.2 Å². The lowest BCUT2D eigenvalue weighted by Crippen LogP contribution is -2.63. The van der Waals surface area contributed by atoms with Crippen LogP contribution in [-0.4, -0.2) is 73.0 Å². The number of epoxide rings is 1. The van der Waals surface area contributed by atoms with Gasteiger partial charge in [0.05, 0.1) is 25.3 Å². The van der Waals surface area contributed by atoms with Gasteiger partial charge in [0.15, 0.2) is 5.72 Å². The smallest absolute Gasteiger partial charge is 0.409 e. The fourth-order valence-corrected chi connectivity index (χ4v) is 6.18. The number of halogens is 1. The maximum atomic E-state index is 13.5. The lowest BCUT2D eigenvalue weighted by atomic mass is 9.83. The molecule has 0 radical (unpaired) electrons. The van der Waals surface area contributed by atoms with Gasteiger partial charge < -0.3 is 34.1 Å². The second-order valence-electron chi connectivity index (χ2n) is 12.5. The first-order valence-electron chi connectivity index (χ1n) is 14.8. The van der Waals surface area contributed by atoms with Crippen LogP contribution in [0.15, 0.2) is 35.9 Å². The molecule has 0 aromatic heterocycles. The number of anilines is 1. The molecule has 4 rings (SSSR count). The van der Waals surface area contributed by atoms with Crippen LogP contribution in [0.1, 0.15) is 59.4 Å². The summed E-state index contributed by atoms with van der Waals surface area (Å²) >= 11 is 6.58. The molecule has 1 aromatic carbocycles. The van der Waals surface area contributed by atoms with E-state index in [2.05, 4.69) is 10.6 Å². The largest absolute Gasteiger partial charge is 0.495 e. The molecule has 3 aliphatic heterocycles. The van der Waals surface area contributed by atoms with Crippen LogP contribution in [0.25, 0.3) is 0 Å². The number of esters is 1. The number of alkyl carbamates (subject to hydrolysis) is 1. The minimum absolute atomic E-state index is 0.00378. The molecule has 7 unspecified atom stereocenters. The standard InChI is InChI=1S/C32H43ClN2O9/c1-17(2)11-27(37)43-25-15-26(36)34-21-13-20(14-22(40-6)28(21)33)12-18(3)9-8-10-24(41-7)32(39)16-23(42-30(38)35-32)19(4)29-31(25,5)44-29/h8-10,13-14,17,19,23-25,29,39H,11-12,15-16H2,1-7H3,(H,34,36)(H,35,38)/b10-8+,18-9+. The van der Waals surface area contributed by atoms with Gasteiger partial charge in [-0.25, -0.2) is 4.79 Å². The first-order valence-corrected chi connectivity index (χ1v) is 15.2. The Labute approximate surface area is 263 Å². The SMILES string of the molecule is COc1cc2cc(c1Cl)NC(=O)CC(OC(=O)CC(C)C)C1(C)OC1C(C)C1CC(O)(NC(=O)O1)C(OC)/C=C/C=C(\C)C2. The highest BCUT2D eigenvalue weighted by atomic mass is 35.5.